The number of anilines is 1. The Bertz CT molecular complexity index is 1790. The van der Waals surface area contributed by atoms with Crippen LogP contribution in [0.3, 0.4) is 0 Å². The molecule has 3 aliphatic heterocycles. The van der Waals surface area contributed by atoms with Crippen LogP contribution in [0.15, 0.2) is 114 Å². The number of benzene rings is 3. The number of carbonyl (C=O) groups is 5. The SMILES string of the molecule is COC(=O)C1=C(C)N(Cc2ccccc2)C2=C3C(=O)N(c4ccccc4)C(=O)[C@@H]3[C@@](O)(C(=O)OC)C(=O)N2C1c1ccccc1. The Morgan fingerprint density at radius 2 is 1.42 bits per heavy atom. The summed E-state index contributed by atoms with van der Waals surface area (Å²) in [4.78, 5) is 73.8. The third kappa shape index (κ3) is 4.34. The molecule has 3 heterocycles. The molecule has 0 spiro atoms. The second-order valence-electron chi connectivity index (χ2n) is 10.8. The van der Waals surface area contributed by atoms with E-state index in [4.69, 9.17) is 9.47 Å². The Balaban J connectivity index is 1.73. The molecule has 3 aromatic rings. The Morgan fingerprint density at radius 1 is 0.844 bits per heavy atom. The number of esters is 2. The van der Waals surface area contributed by atoms with Crippen molar-refractivity contribution >= 4 is 35.3 Å². The molecular formula is C34H29N3O8. The number of para-hydroxylation sites is 1. The molecule has 0 saturated carbocycles. The molecule has 0 aliphatic carbocycles. The zero-order chi connectivity index (χ0) is 32.0. The van der Waals surface area contributed by atoms with Crippen molar-refractivity contribution in [1.82, 2.24) is 9.80 Å². The molecule has 0 aromatic heterocycles. The minimum Gasteiger partial charge on any atom is -0.466 e. The van der Waals surface area contributed by atoms with E-state index in [1.54, 1.807) is 60.4 Å². The van der Waals surface area contributed by atoms with Gasteiger partial charge in [0.1, 0.15) is 11.7 Å². The zero-order valence-electron chi connectivity index (χ0n) is 24.7. The first-order valence-corrected chi connectivity index (χ1v) is 14.1. The molecule has 45 heavy (non-hydrogen) atoms. The molecule has 0 radical (unpaired) electrons. The summed E-state index contributed by atoms with van der Waals surface area (Å²) in [6.07, 6.45) is 0. The first-order chi connectivity index (χ1) is 21.7. The van der Waals surface area contributed by atoms with Gasteiger partial charge in [-0.15, -0.1) is 0 Å². The monoisotopic (exact) mass is 607 g/mol. The highest BCUT2D eigenvalue weighted by Gasteiger charge is 2.70. The summed E-state index contributed by atoms with van der Waals surface area (Å²) < 4.78 is 10.1. The van der Waals surface area contributed by atoms with Crippen molar-refractivity contribution in [2.75, 3.05) is 19.1 Å². The Kier molecular flexibility index (Phi) is 7.33. The molecule has 6 rings (SSSR count). The van der Waals surface area contributed by atoms with Gasteiger partial charge in [-0.2, -0.15) is 0 Å². The lowest BCUT2D eigenvalue weighted by atomic mass is 9.76. The first kappa shape index (κ1) is 29.5. The van der Waals surface area contributed by atoms with Crippen LogP contribution in [0.1, 0.15) is 24.1 Å². The van der Waals surface area contributed by atoms with Crippen molar-refractivity contribution in [3.05, 3.63) is 125 Å². The molecule has 3 aliphatic rings. The molecule has 0 bridgehead atoms. The van der Waals surface area contributed by atoms with Gasteiger partial charge < -0.3 is 19.5 Å². The van der Waals surface area contributed by atoms with E-state index >= 15 is 0 Å². The zero-order valence-corrected chi connectivity index (χ0v) is 24.7. The highest BCUT2D eigenvalue weighted by Crippen LogP contribution is 2.52. The van der Waals surface area contributed by atoms with Crippen molar-refractivity contribution in [2.45, 2.75) is 25.1 Å². The number of ether oxygens (including phenoxy) is 2. The summed E-state index contributed by atoms with van der Waals surface area (Å²) in [6.45, 7) is 1.72. The molecule has 3 aromatic carbocycles. The molecule has 1 unspecified atom stereocenters. The lowest BCUT2D eigenvalue weighted by molar-refractivity contribution is -0.183. The average Bonchev–Trinajstić information content (AvgIpc) is 3.34. The second-order valence-corrected chi connectivity index (χ2v) is 10.8. The molecule has 1 saturated heterocycles. The van der Waals surface area contributed by atoms with Crippen molar-refractivity contribution in [2.24, 2.45) is 5.92 Å². The highest BCUT2D eigenvalue weighted by atomic mass is 16.5. The maximum Gasteiger partial charge on any atom is 0.349 e. The van der Waals surface area contributed by atoms with Gasteiger partial charge in [0.05, 0.1) is 37.1 Å². The van der Waals surface area contributed by atoms with Gasteiger partial charge in [0.15, 0.2) is 0 Å². The Hall–Kier alpha value is -5.55. The standard InChI is InChI=1S/C34H29N3O8/c1-20-24(31(40)44-2)27(22-15-9-5-10-16-22)37-28(35(20)19-21-13-7-4-8-14-21)25-26(34(43,32(37)41)33(42)45-3)30(39)36(29(25)38)23-17-11-6-12-18-23/h4-18,26-27,43H,19H2,1-3H3/t26-,27?,34+/m1/s1. The fourth-order valence-corrected chi connectivity index (χ4v) is 6.35. The van der Waals surface area contributed by atoms with Crippen molar-refractivity contribution in [3.63, 3.8) is 0 Å². The predicted molar refractivity (Wildman–Crippen MR) is 159 cm³/mol. The predicted octanol–water partition coefficient (Wildman–Crippen LogP) is 2.84. The number of imide groups is 1. The van der Waals surface area contributed by atoms with E-state index in [0.717, 1.165) is 22.5 Å². The quantitative estimate of drug-likeness (QED) is 0.255. The van der Waals surface area contributed by atoms with Crippen molar-refractivity contribution in [3.8, 4) is 0 Å². The summed E-state index contributed by atoms with van der Waals surface area (Å²) >= 11 is 0. The van der Waals surface area contributed by atoms with Crippen molar-refractivity contribution < 1.29 is 38.6 Å². The summed E-state index contributed by atoms with van der Waals surface area (Å²) in [6, 6.07) is 24.4. The van der Waals surface area contributed by atoms with Crippen LogP contribution in [0.4, 0.5) is 5.69 Å². The van der Waals surface area contributed by atoms with Gasteiger partial charge in [-0.25, -0.2) is 14.5 Å². The van der Waals surface area contributed by atoms with E-state index in [9.17, 15) is 29.1 Å². The topological polar surface area (TPSA) is 134 Å². The van der Waals surface area contributed by atoms with Gasteiger partial charge in [-0.05, 0) is 30.2 Å². The Labute approximate surface area is 258 Å². The number of hydrogen-bond acceptors (Lipinski definition) is 9. The molecule has 11 nitrogen and oxygen atoms in total. The van der Waals surface area contributed by atoms with Gasteiger partial charge >= 0.3 is 11.9 Å². The van der Waals surface area contributed by atoms with Crippen molar-refractivity contribution in [1.29, 1.82) is 0 Å². The number of fused-ring (bicyclic) bond motifs is 2. The number of methoxy groups -OCH3 is 2. The molecule has 3 amide bonds. The first-order valence-electron chi connectivity index (χ1n) is 14.1. The van der Waals surface area contributed by atoms with Gasteiger partial charge in [-0.1, -0.05) is 78.9 Å². The van der Waals surface area contributed by atoms with Crippen LogP contribution in [-0.2, 0) is 40.0 Å². The molecule has 1 fully saturated rings. The van der Waals surface area contributed by atoms with Crippen LogP contribution in [0, 0.1) is 5.92 Å². The number of carbonyl (C=O) groups excluding carboxylic acids is 5. The number of allylic oxidation sites excluding steroid dienone is 1. The Morgan fingerprint density at radius 3 is 2.00 bits per heavy atom. The number of hydrogen-bond donors (Lipinski definition) is 1. The fourth-order valence-electron chi connectivity index (χ4n) is 6.35. The van der Waals surface area contributed by atoms with Crippen LogP contribution in [0.25, 0.3) is 0 Å². The molecule has 1 N–H and O–H groups in total. The van der Waals surface area contributed by atoms with Crippen LogP contribution in [0.2, 0.25) is 0 Å². The molecule has 228 valence electrons. The third-order valence-electron chi connectivity index (χ3n) is 8.42. The molecule has 3 atom stereocenters. The molecule has 11 heteroatoms. The van der Waals surface area contributed by atoms with Crippen LogP contribution >= 0.6 is 0 Å². The highest BCUT2D eigenvalue weighted by molar-refractivity contribution is 6.33. The fraction of sp³-hybridized carbons (Fsp3) is 0.206. The van der Waals surface area contributed by atoms with E-state index in [1.807, 2.05) is 30.3 Å². The number of amides is 3. The summed E-state index contributed by atoms with van der Waals surface area (Å²) in [5.74, 6) is -7.17. The van der Waals surface area contributed by atoms with Gasteiger partial charge in [0.2, 0.25) is 5.91 Å². The van der Waals surface area contributed by atoms with Gasteiger partial charge in [0, 0.05) is 12.2 Å². The minimum atomic E-state index is -3.14. The lowest BCUT2D eigenvalue weighted by Crippen LogP contribution is -2.66. The minimum absolute atomic E-state index is 0.0294. The van der Waals surface area contributed by atoms with E-state index in [2.05, 4.69) is 0 Å². The lowest BCUT2D eigenvalue weighted by Gasteiger charge is -2.51. The second kappa shape index (κ2) is 11.2. The van der Waals surface area contributed by atoms with Crippen LogP contribution < -0.4 is 4.90 Å². The van der Waals surface area contributed by atoms with E-state index < -0.39 is 47.2 Å². The summed E-state index contributed by atoms with van der Waals surface area (Å²) in [5.41, 5.74) is -1.65. The van der Waals surface area contributed by atoms with E-state index in [1.165, 1.54) is 19.2 Å². The number of aliphatic hydroxyl groups is 1. The van der Waals surface area contributed by atoms with Gasteiger partial charge in [0.25, 0.3) is 17.4 Å². The van der Waals surface area contributed by atoms with E-state index in [-0.39, 0.29) is 29.2 Å². The largest absolute Gasteiger partial charge is 0.466 e. The normalized spacial score (nSPS) is 22.8. The van der Waals surface area contributed by atoms with Gasteiger partial charge in [-0.3, -0.25) is 19.3 Å². The average molecular weight is 608 g/mol. The van der Waals surface area contributed by atoms with Crippen LogP contribution in [0.5, 0.6) is 0 Å². The summed E-state index contributed by atoms with van der Waals surface area (Å²) in [7, 11) is 2.18. The third-order valence-corrected chi connectivity index (χ3v) is 8.42. The maximum atomic E-state index is 14.7. The van der Waals surface area contributed by atoms with Crippen LogP contribution in [-0.4, -0.2) is 64.4 Å². The van der Waals surface area contributed by atoms with E-state index in [0.29, 0.717) is 11.3 Å². The summed E-state index contributed by atoms with van der Waals surface area (Å²) in [5, 5.41) is 12.1. The smallest absolute Gasteiger partial charge is 0.349 e. The maximum absolute atomic E-state index is 14.7. The number of nitrogens with zero attached hydrogens (tertiary/aromatic N) is 3. The molecular weight excluding hydrogens is 578 g/mol. The number of rotatable bonds is 6.